The van der Waals surface area contributed by atoms with Crippen LogP contribution < -0.4 is 0 Å². The lowest BCUT2D eigenvalue weighted by molar-refractivity contribution is -0.0318. The SMILES string of the molecule is CN1CC[C@@H](c2ncc(-c3ccc(-c4ccc(-c5cnc([C@@H]6CC7C[C@H]7N6C(=O)OCc6ccccc6)[nH]5)cc4)cc3)[nH]2)N1C(=O)OC(C)(C)C. The number of benzene rings is 3. The van der Waals surface area contributed by atoms with Crippen molar-refractivity contribution in [3.05, 3.63) is 108 Å². The lowest BCUT2D eigenvalue weighted by atomic mass is 10.0. The Kier molecular flexibility index (Phi) is 8.38. The zero-order chi connectivity index (χ0) is 35.3. The first-order valence-electron chi connectivity index (χ1n) is 17.6. The number of hydrogen-bond acceptors (Lipinski definition) is 7. The number of nitrogens with zero attached hydrogens (tertiary/aromatic N) is 5. The third-order valence-electron chi connectivity index (χ3n) is 10.0. The Hall–Kier alpha value is -5.42. The van der Waals surface area contributed by atoms with E-state index in [-0.39, 0.29) is 36.9 Å². The van der Waals surface area contributed by atoms with E-state index < -0.39 is 5.60 Å². The molecule has 2 saturated heterocycles. The summed E-state index contributed by atoms with van der Waals surface area (Å²) in [6.45, 7) is 6.61. The van der Waals surface area contributed by atoms with Gasteiger partial charge in [-0.1, -0.05) is 78.9 Å². The fourth-order valence-corrected chi connectivity index (χ4v) is 7.35. The van der Waals surface area contributed by atoms with Crippen molar-refractivity contribution in [3.8, 4) is 33.6 Å². The van der Waals surface area contributed by atoms with Gasteiger partial charge in [0.05, 0.1) is 29.8 Å². The Balaban J connectivity index is 0.917. The number of nitrogens with one attached hydrogen (secondary N) is 2. The number of ether oxygens (including phenoxy) is 2. The number of rotatable bonds is 7. The van der Waals surface area contributed by atoms with E-state index in [1.807, 2.05) is 80.5 Å². The van der Waals surface area contributed by atoms with Gasteiger partial charge in [-0.05, 0) is 73.8 Å². The van der Waals surface area contributed by atoms with Gasteiger partial charge in [0.15, 0.2) is 0 Å². The molecule has 0 radical (unpaired) electrons. The second-order valence-corrected chi connectivity index (χ2v) is 14.8. The van der Waals surface area contributed by atoms with Gasteiger partial charge in [-0.25, -0.2) is 29.6 Å². The average molecular weight is 686 g/mol. The number of carbonyl (C=O) groups is 2. The summed E-state index contributed by atoms with van der Waals surface area (Å²) in [5.74, 6) is 2.05. The van der Waals surface area contributed by atoms with Crippen molar-refractivity contribution in [2.45, 2.75) is 70.4 Å². The van der Waals surface area contributed by atoms with Gasteiger partial charge in [0, 0.05) is 19.6 Å². The van der Waals surface area contributed by atoms with Crippen molar-refractivity contribution >= 4 is 12.2 Å². The van der Waals surface area contributed by atoms with Crippen molar-refractivity contribution in [1.29, 1.82) is 0 Å². The molecule has 1 aliphatic carbocycles. The summed E-state index contributed by atoms with van der Waals surface area (Å²) in [5, 5.41) is 3.55. The Labute approximate surface area is 297 Å². The third-order valence-corrected chi connectivity index (χ3v) is 10.0. The maximum absolute atomic E-state index is 13.2. The number of likely N-dealkylation sites (tertiary alicyclic amines) is 1. The molecule has 11 nitrogen and oxygen atoms in total. The first kappa shape index (κ1) is 32.8. The Morgan fingerprint density at radius 2 is 1.33 bits per heavy atom. The van der Waals surface area contributed by atoms with Gasteiger partial charge >= 0.3 is 12.2 Å². The van der Waals surface area contributed by atoms with E-state index in [4.69, 9.17) is 14.5 Å². The molecule has 1 unspecified atom stereocenters. The van der Waals surface area contributed by atoms with Crippen LogP contribution in [-0.4, -0.2) is 72.3 Å². The molecule has 2 N–H and O–H groups in total. The zero-order valence-electron chi connectivity index (χ0n) is 29.4. The number of hydrazine groups is 1. The Morgan fingerprint density at radius 1 is 0.765 bits per heavy atom. The van der Waals surface area contributed by atoms with Gasteiger partial charge in [0.2, 0.25) is 0 Å². The van der Waals surface area contributed by atoms with Gasteiger partial charge < -0.3 is 19.4 Å². The van der Waals surface area contributed by atoms with Crippen molar-refractivity contribution in [2.24, 2.45) is 5.92 Å². The van der Waals surface area contributed by atoms with E-state index in [2.05, 4.69) is 63.5 Å². The maximum Gasteiger partial charge on any atom is 0.425 e. The Morgan fingerprint density at radius 3 is 1.92 bits per heavy atom. The molecular formula is C40H43N7O4. The fraction of sp³-hybridized carbons (Fsp3) is 0.350. The molecule has 262 valence electrons. The van der Waals surface area contributed by atoms with Crippen LogP contribution in [0.1, 0.15) is 69.3 Å². The number of aromatic nitrogens is 4. The summed E-state index contributed by atoms with van der Waals surface area (Å²) < 4.78 is 11.4. The molecule has 5 aromatic rings. The topological polar surface area (TPSA) is 120 Å². The molecule has 3 aromatic carbocycles. The van der Waals surface area contributed by atoms with Crippen LogP contribution in [0.15, 0.2) is 91.3 Å². The first-order chi connectivity index (χ1) is 24.6. The van der Waals surface area contributed by atoms with Gasteiger partial charge in [-0.2, -0.15) is 0 Å². The molecule has 2 aromatic heterocycles. The van der Waals surface area contributed by atoms with Crippen molar-refractivity contribution < 1.29 is 19.1 Å². The Bertz CT molecular complexity index is 2020. The van der Waals surface area contributed by atoms with Crippen LogP contribution in [0, 0.1) is 5.92 Å². The predicted octanol–water partition coefficient (Wildman–Crippen LogP) is 8.13. The third kappa shape index (κ3) is 6.73. The predicted molar refractivity (Wildman–Crippen MR) is 193 cm³/mol. The first-order valence-corrected chi connectivity index (χ1v) is 17.6. The van der Waals surface area contributed by atoms with Crippen LogP contribution in [0.5, 0.6) is 0 Å². The number of carbonyl (C=O) groups excluding carboxylic acids is 2. The van der Waals surface area contributed by atoms with Crippen LogP contribution in [0.2, 0.25) is 0 Å². The molecule has 4 atom stereocenters. The molecule has 4 heterocycles. The number of hydrogen-bond donors (Lipinski definition) is 2. The monoisotopic (exact) mass is 685 g/mol. The molecule has 1 saturated carbocycles. The van der Waals surface area contributed by atoms with E-state index in [9.17, 15) is 9.59 Å². The van der Waals surface area contributed by atoms with E-state index in [1.54, 1.807) is 5.01 Å². The number of aromatic amines is 2. The lowest BCUT2D eigenvalue weighted by Gasteiger charge is -2.31. The summed E-state index contributed by atoms with van der Waals surface area (Å²) in [7, 11) is 1.89. The quantitative estimate of drug-likeness (QED) is 0.178. The molecule has 0 spiro atoms. The number of piperidine rings is 1. The summed E-state index contributed by atoms with van der Waals surface area (Å²) in [6.07, 6.45) is 5.72. The minimum atomic E-state index is -0.580. The van der Waals surface area contributed by atoms with Crippen LogP contribution in [0.4, 0.5) is 9.59 Å². The molecule has 8 rings (SSSR count). The summed E-state index contributed by atoms with van der Waals surface area (Å²) in [4.78, 5) is 44.3. The highest BCUT2D eigenvalue weighted by Crippen LogP contribution is 2.53. The number of imidazole rings is 2. The van der Waals surface area contributed by atoms with Crippen molar-refractivity contribution in [3.63, 3.8) is 0 Å². The largest absolute Gasteiger partial charge is 0.445 e. The second kappa shape index (κ2) is 13.0. The lowest BCUT2D eigenvalue weighted by Crippen LogP contribution is -2.43. The van der Waals surface area contributed by atoms with Gasteiger partial charge in [-0.3, -0.25) is 4.90 Å². The van der Waals surface area contributed by atoms with E-state index in [1.165, 1.54) is 0 Å². The standard InChI is InChI=1S/C40H43N7O4/c1-40(2,3)51-39(49)47-33(18-19-45(47)4)36-41-22-31(43-36)28-14-10-26(11-15-28)27-12-16-29(17-13-27)32-23-42-37(44-32)35-21-30-20-34(30)46(35)38(48)50-24-25-8-6-5-7-9-25/h5-17,22-23,30,33-35H,18-21,24H2,1-4H3,(H,41,43)(H,42,44)/t30?,33-,34+,35-/m0/s1. The smallest absolute Gasteiger partial charge is 0.425 e. The molecular weight excluding hydrogens is 642 g/mol. The highest BCUT2D eigenvalue weighted by atomic mass is 16.6. The summed E-state index contributed by atoms with van der Waals surface area (Å²) in [6, 6.07) is 26.4. The number of H-pyrrole nitrogens is 2. The minimum Gasteiger partial charge on any atom is -0.445 e. The summed E-state index contributed by atoms with van der Waals surface area (Å²) >= 11 is 0. The fourth-order valence-electron chi connectivity index (χ4n) is 7.35. The average Bonchev–Trinajstić information content (AvgIpc) is 3.61. The van der Waals surface area contributed by atoms with Gasteiger partial charge in [0.25, 0.3) is 0 Å². The molecule has 11 heteroatoms. The van der Waals surface area contributed by atoms with Gasteiger partial charge in [0.1, 0.15) is 29.9 Å². The molecule has 3 fully saturated rings. The molecule has 2 aliphatic heterocycles. The molecule has 0 bridgehead atoms. The van der Waals surface area contributed by atoms with E-state index >= 15 is 0 Å². The van der Waals surface area contributed by atoms with Crippen LogP contribution in [-0.2, 0) is 16.1 Å². The number of fused-ring (bicyclic) bond motifs is 1. The summed E-state index contributed by atoms with van der Waals surface area (Å²) in [5.41, 5.74) is 6.43. The van der Waals surface area contributed by atoms with Crippen LogP contribution in [0.25, 0.3) is 33.6 Å². The van der Waals surface area contributed by atoms with Crippen LogP contribution >= 0.6 is 0 Å². The van der Waals surface area contributed by atoms with Crippen molar-refractivity contribution in [1.82, 2.24) is 34.9 Å². The van der Waals surface area contributed by atoms with Gasteiger partial charge in [-0.15, -0.1) is 0 Å². The highest BCUT2D eigenvalue weighted by molar-refractivity contribution is 5.73. The molecule has 3 aliphatic rings. The number of amides is 2. The van der Waals surface area contributed by atoms with Crippen molar-refractivity contribution in [2.75, 3.05) is 13.6 Å². The minimum absolute atomic E-state index is 0.113. The van der Waals surface area contributed by atoms with E-state index in [0.29, 0.717) is 5.92 Å². The molecule has 51 heavy (non-hydrogen) atoms. The van der Waals surface area contributed by atoms with Crippen LogP contribution in [0.3, 0.4) is 0 Å². The molecule has 2 amide bonds. The maximum atomic E-state index is 13.2. The highest BCUT2D eigenvalue weighted by Gasteiger charge is 2.56. The zero-order valence-corrected chi connectivity index (χ0v) is 29.4. The van der Waals surface area contributed by atoms with E-state index in [0.717, 1.165) is 76.7 Å². The normalized spacial score (nSPS) is 21.5. The second-order valence-electron chi connectivity index (χ2n) is 14.8.